The molecule has 0 N–H and O–H groups in total. The Balaban J connectivity index is 1.80. The van der Waals surface area contributed by atoms with Crippen LogP contribution in [0.2, 0.25) is 5.02 Å². The van der Waals surface area contributed by atoms with Crippen molar-refractivity contribution in [3.63, 3.8) is 0 Å². The van der Waals surface area contributed by atoms with Crippen molar-refractivity contribution < 1.29 is 4.74 Å². The molecule has 8 heteroatoms. The van der Waals surface area contributed by atoms with E-state index in [4.69, 9.17) is 31.3 Å². The van der Waals surface area contributed by atoms with Crippen LogP contribution in [0.5, 0.6) is 0 Å². The van der Waals surface area contributed by atoms with Gasteiger partial charge in [0.2, 0.25) is 0 Å². The highest BCUT2D eigenvalue weighted by Crippen LogP contribution is 2.25. The Morgan fingerprint density at radius 2 is 1.65 bits per heavy atom. The summed E-state index contributed by atoms with van der Waals surface area (Å²) in [5.74, 6) is 0.624. The molecule has 0 atom stereocenters. The van der Waals surface area contributed by atoms with Crippen LogP contribution >= 0.6 is 11.6 Å². The number of hydrogen-bond acceptors (Lipinski definition) is 5. The number of aryl methyl sites for hydroxylation is 1. The normalized spacial score (nSPS) is 11.7. The third-order valence-corrected chi connectivity index (χ3v) is 5.67. The van der Waals surface area contributed by atoms with E-state index in [1.54, 1.807) is 11.7 Å². The van der Waals surface area contributed by atoms with Gasteiger partial charge in [0, 0.05) is 18.7 Å². The molecule has 156 valence electrons. The van der Waals surface area contributed by atoms with Crippen molar-refractivity contribution in [3.05, 3.63) is 75.3 Å². The molecule has 31 heavy (non-hydrogen) atoms. The molecule has 0 saturated carbocycles. The average molecular weight is 434 g/mol. The number of para-hydroxylation sites is 2. The van der Waals surface area contributed by atoms with Crippen LogP contribution in [-0.2, 0) is 17.8 Å². The van der Waals surface area contributed by atoms with Crippen molar-refractivity contribution in [1.82, 2.24) is 24.1 Å². The minimum absolute atomic E-state index is 0.136. The molecule has 5 aromatic rings. The first kappa shape index (κ1) is 19.7. The average Bonchev–Trinajstić information content (AvgIpc) is 3.07. The Kier molecular flexibility index (Phi) is 4.92. The second-order valence-electron chi connectivity index (χ2n) is 7.40. The van der Waals surface area contributed by atoms with Gasteiger partial charge >= 0.3 is 0 Å². The van der Waals surface area contributed by atoms with Crippen LogP contribution in [0.4, 0.5) is 0 Å². The number of benzene rings is 2. The molecule has 0 unspecified atom stereocenters. The molecule has 0 fully saturated rings. The van der Waals surface area contributed by atoms with Gasteiger partial charge in [-0.2, -0.15) is 0 Å². The number of ether oxygens (including phenoxy) is 1. The van der Waals surface area contributed by atoms with Gasteiger partial charge < -0.3 is 9.30 Å². The minimum atomic E-state index is -0.136. The fourth-order valence-corrected chi connectivity index (χ4v) is 3.98. The fourth-order valence-electron chi connectivity index (χ4n) is 3.85. The van der Waals surface area contributed by atoms with Crippen molar-refractivity contribution >= 4 is 44.8 Å². The van der Waals surface area contributed by atoms with Gasteiger partial charge in [0.25, 0.3) is 5.56 Å². The van der Waals surface area contributed by atoms with Gasteiger partial charge in [0.15, 0.2) is 11.3 Å². The van der Waals surface area contributed by atoms with Gasteiger partial charge in [0.1, 0.15) is 16.7 Å². The monoisotopic (exact) mass is 433 g/mol. The van der Waals surface area contributed by atoms with Crippen LogP contribution in [0, 0.1) is 6.92 Å². The smallest absolute Gasteiger partial charge is 0.265 e. The maximum absolute atomic E-state index is 13.6. The molecular formula is C23H20ClN5O2. The largest absolute Gasteiger partial charge is 0.383 e. The summed E-state index contributed by atoms with van der Waals surface area (Å²) in [6.45, 7) is 3.24. The summed E-state index contributed by atoms with van der Waals surface area (Å²) in [4.78, 5) is 28.0. The summed E-state index contributed by atoms with van der Waals surface area (Å²) in [6, 6.07) is 15.1. The molecule has 0 amide bonds. The molecule has 0 bridgehead atoms. The summed E-state index contributed by atoms with van der Waals surface area (Å²) in [5.41, 5.74) is 4.13. The first-order valence-electron chi connectivity index (χ1n) is 9.96. The first-order chi connectivity index (χ1) is 15.1. The molecule has 5 rings (SSSR count). The molecule has 0 aliphatic rings. The van der Waals surface area contributed by atoms with E-state index >= 15 is 0 Å². The van der Waals surface area contributed by atoms with Gasteiger partial charge in [-0.3, -0.25) is 9.36 Å². The lowest BCUT2D eigenvalue weighted by Gasteiger charge is -2.11. The second-order valence-corrected chi connectivity index (χ2v) is 7.84. The van der Waals surface area contributed by atoms with Crippen molar-refractivity contribution in [2.75, 3.05) is 13.7 Å². The third kappa shape index (κ3) is 3.36. The predicted octanol–water partition coefficient (Wildman–Crippen LogP) is 3.95. The van der Waals surface area contributed by atoms with Crippen molar-refractivity contribution in [2.45, 2.75) is 20.0 Å². The lowest BCUT2D eigenvalue weighted by atomic mass is 10.2. The number of fused-ring (bicyclic) bond motifs is 4. The Morgan fingerprint density at radius 1 is 0.935 bits per heavy atom. The van der Waals surface area contributed by atoms with Gasteiger partial charge in [0.05, 0.1) is 24.2 Å². The van der Waals surface area contributed by atoms with E-state index in [9.17, 15) is 4.79 Å². The predicted molar refractivity (Wildman–Crippen MR) is 122 cm³/mol. The molecule has 0 aliphatic heterocycles. The van der Waals surface area contributed by atoms with Crippen molar-refractivity contribution in [3.8, 4) is 0 Å². The van der Waals surface area contributed by atoms with Gasteiger partial charge in [-0.1, -0.05) is 35.9 Å². The van der Waals surface area contributed by atoms with Crippen LogP contribution in [-0.4, -0.2) is 37.8 Å². The maximum atomic E-state index is 13.6. The minimum Gasteiger partial charge on any atom is -0.383 e. The number of halogens is 1. The maximum Gasteiger partial charge on any atom is 0.265 e. The Labute approximate surface area is 182 Å². The van der Waals surface area contributed by atoms with Gasteiger partial charge in [-0.25, -0.2) is 15.0 Å². The molecule has 7 nitrogen and oxygen atoms in total. The standard InChI is InChI=1S/C23H20ClN5O2/c1-14-25-21-19(23(30)29(14)13-15-7-9-16(24)10-8-15)20-22(28(21)11-12-31-2)27-18-6-4-3-5-17(18)26-20/h3-10H,11-13H2,1-2H3. The first-order valence-corrected chi connectivity index (χ1v) is 10.3. The Bertz CT molecular complexity index is 1490. The lowest BCUT2D eigenvalue weighted by molar-refractivity contribution is 0.189. The number of methoxy groups -OCH3 is 1. The quantitative estimate of drug-likeness (QED) is 0.419. The van der Waals surface area contributed by atoms with Crippen LogP contribution in [0.25, 0.3) is 33.2 Å². The Morgan fingerprint density at radius 3 is 2.35 bits per heavy atom. The summed E-state index contributed by atoms with van der Waals surface area (Å²) < 4.78 is 8.88. The van der Waals surface area contributed by atoms with Gasteiger partial charge in [-0.05, 0) is 36.8 Å². The van der Waals surface area contributed by atoms with E-state index in [-0.39, 0.29) is 5.56 Å². The highest BCUT2D eigenvalue weighted by molar-refractivity contribution is 6.30. The lowest BCUT2D eigenvalue weighted by Crippen LogP contribution is -2.24. The molecule has 2 aromatic carbocycles. The summed E-state index contributed by atoms with van der Waals surface area (Å²) in [5, 5.41) is 1.13. The van der Waals surface area contributed by atoms with Crippen LogP contribution < -0.4 is 5.56 Å². The topological polar surface area (TPSA) is 74.8 Å². The zero-order valence-electron chi connectivity index (χ0n) is 17.2. The molecule has 3 aromatic heterocycles. The number of aromatic nitrogens is 5. The zero-order chi connectivity index (χ0) is 21.5. The summed E-state index contributed by atoms with van der Waals surface area (Å²) in [6.07, 6.45) is 0. The molecule has 0 aliphatic carbocycles. The zero-order valence-corrected chi connectivity index (χ0v) is 17.9. The second kappa shape index (κ2) is 7.76. The summed E-state index contributed by atoms with van der Waals surface area (Å²) >= 11 is 6.00. The highest BCUT2D eigenvalue weighted by atomic mass is 35.5. The molecular weight excluding hydrogens is 414 g/mol. The van der Waals surface area contributed by atoms with E-state index in [2.05, 4.69) is 0 Å². The van der Waals surface area contributed by atoms with E-state index in [0.717, 1.165) is 16.6 Å². The van der Waals surface area contributed by atoms with Crippen LogP contribution in [0.15, 0.2) is 53.3 Å². The third-order valence-electron chi connectivity index (χ3n) is 5.41. The SMILES string of the molecule is COCCn1c2nc3ccccc3nc2c2c(=O)n(Cc3ccc(Cl)cc3)c(C)nc21. The van der Waals surface area contributed by atoms with Crippen LogP contribution in [0.1, 0.15) is 11.4 Å². The molecule has 3 heterocycles. The van der Waals surface area contributed by atoms with Crippen molar-refractivity contribution in [2.24, 2.45) is 0 Å². The molecule has 0 radical (unpaired) electrons. The fraction of sp³-hybridized carbons (Fsp3) is 0.217. The van der Waals surface area contributed by atoms with E-state index < -0.39 is 0 Å². The van der Waals surface area contributed by atoms with Crippen molar-refractivity contribution in [1.29, 1.82) is 0 Å². The molecule has 0 saturated heterocycles. The number of nitrogens with zero attached hydrogens (tertiary/aromatic N) is 5. The highest BCUT2D eigenvalue weighted by Gasteiger charge is 2.21. The van der Waals surface area contributed by atoms with Gasteiger partial charge in [-0.15, -0.1) is 0 Å². The Hall–Kier alpha value is -3.29. The van der Waals surface area contributed by atoms with E-state index in [1.807, 2.05) is 60.0 Å². The summed E-state index contributed by atoms with van der Waals surface area (Å²) in [7, 11) is 1.65. The van der Waals surface area contributed by atoms with E-state index in [0.29, 0.717) is 52.7 Å². The number of hydrogen-bond donors (Lipinski definition) is 0. The van der Waals surface area contributed by atoms with Crippen LogP contribution in [0.3, 0.4) is 0 Å². The molecule has 0 spiro atoms. The van der Waals surface area contributed by atoms with E-state index in [1.165, 1.54) is 0 Å². The number of rotatable bonds is 5.